The van der Waals surface area contributed by atoms with Gasteiger partial charge >= 0.3 is 0 Å². The number of halogens is 2. The van der Waals surface area contributed by atoms with Crippen LogP contribution in [0, 0.1) is 0 Å². The van der Waals surface area contributed by atoms with Gasteiger partial charge in [-0.1, -0.05) is 0 Å². The molecule has 0 bridgehead atoms. The van der Waals surface area contributed by atoms with E-state index in [1.807, 2.05) is 9.47 Å². The number of hydrogen-bond donors (Lipinski definition) is 0. The predicted molar refractivity (Wildman–Crippen MR) is 80.7 cm³/mol. The number of alkyl halides is 2. The molecule has 2 aromatic heterocycles. The van der Waals surface area contributed by atoms with Gasteiger partial charge in [0.05, 0.1) is 19.0 Å². The van der Waals surface area contributed by atoms with Gasteiger partial charge in [0.2, 0.25) is 0 Å². The molecule has 0 saturated carbocycles. The van der Waals surface area contributed by atoms with Crippen molar-refractivity contribution in [2.45, 2.75) is 44.3 Å². The molecule has 0 N–H and O–H groups in total. The van der Waals surface area contributed by atoms with E-state index in [4.69, 9.17) is 4.74 Å². The van der Waals surface area contributed by atoms with Crippen LogP contribution in [-0.2, 0) is 11.3 Å². The van der Waals surface area contributed by atoms with Crippen LogP contribution >= 0.6 is 0 Å². The highest BCUT2D eigenvalue weighted by Gasteiger charge is 2.35. The molecule has 2 fully saturated rings. The van der Waals surface area contributed by atoms with Crippen LogP contribution in [0.25, 0.3) is 11.2 Å². The highest BCUT2D eigenvalue weighted by molar-refractivity contribution is 5.83. The second kappa shape index (κ2) is 5.67. The van der Waals surface area contributed by atoms with E-state index >= 15 is 0 Å². The van der Waals surface area contributed by atoms with E-state index in [1.54, 1.807) is 6.33 Å². The number of anilines is 1. The molecule has 8 heteroatoms. The fraction of sp³-hybridized carbons (Fsp3) is 0.667. The Morgan fingerprint density at radius 2 is 2.04 bits per heavy atom. The number of imidazole rings is 1. The molecule has 6 nitrogen and oxygen atoms in total. The van der Waals surface area contributed by atoms with Crippen LogP contribution in [0.4, 0.5) is 14.6 Å². The lowest BCUT2D eigenvalue weighted by Crippen LogP contribution is -2.39. The number of nitrogens with zero attached hydrogens (tertiary/aromatic N) is 5. The first kappa shape index (κ1) is 14.7. The largest absolute Gasteiger partial charge is 0.376 e. The minimum atomic E-state index is -2.57. The zero-order valence-corrected chi connectivity index (χ0v) is 12.8. The monoisotopic (exact) mass is 323 g/mol. The fourth-order valence-electron chi connectivity index (χ4n) is 3.29. The smallest absolute Gasteiger partial charge is 0.251 e. The van der Waals surface area contributed by atoms with Crippen LogP contribution in [0.5, 0.6) is 0 Å². The van der Waals surface area contributed by atoms with Crippen molar-refractivity contribution < 1.29 is 13.5 Å². The van der Waals surface area contributed by atoms with E-state index in [9.17, 15) is 8.78 Å². The van der Waals surface area contributed by atoms with Crippen LogP contribution in [0.3, 0.4) is 0 Å². The average molecular weight is 323 g/mol. The summed E-state index contributed by atoms with van der Waals surface area (Å²) in [5, 5.41) is 0. The molecule has 1 atom stereocenters. The lowest BCUT2D eigenvalue weighted by molar-refractivity contribution is -0.0221. The Morgan fingerprint density at radius 1 is 1.22 bits per heavy atom. The number of piperidine rings is 1. The van der Waals surface area contributed by atoms with Gasteiger partial charge in [-0.05, 0) is 12.8 Å². The summed E-state index contributed by atoms with van der Waals surface area (Å²) < 4.78 is 34.3. The third-order valence-corrected chi connectivity index (χ3v) is 4.60. The van der Waals surface area contributed by atoms with Gasteiger partial charge in [0.25, 0.3) is 5.92 Å². The maximum Gasteiger partial charge on any atom is 0.251 e. The summed E-state index contributed by atoms with van der Waals surface area (Å²) in [5.41, 5.74) is 1.42. The molecule has 2 aromatic rings. The molecule has 0 amide bonds. The molecular weight excluding hydrogens is 304 g/mol. The fourth-order valence-corrected chi connectivity index (χ4v) is 3.29. The first-order valence-electron chi connectivity index (χ1n) is 8.03. The summed E-state index contributed by atoms with van der Waals surface area (Å²) in [6.07, 6.45) is 5.25. The van der Waals surface area contributed by atoms with Crippen LogP contribution in [0.1, 0.15) is 25.7 Å². The van der Waals surface area contributed by atoms with E-state index < -0.39 is 5.92 Å². The van der Waals surface area contributed by atoms with Gasteiger partial charge in [0.15, 0.2) is 17.0 Å². The minimum Gasteiger partial charge on any atom is -0.376 e. The summed E-state index contributed by atoms with van der Waals surface area (Å²) in [5.74, 6) is -1.92. The Bertz CT molecular complexity index is 688. The maximum absolute atomic E-state index is 13.3. The molecule has 0 aliphatic carbocycles. The van der Waals surface area contributed by atoms with Crippen LogP contribution in [0.2, 0.25) is 0 Å². The number of hydrogen-bond acceptors (Lipinski definition) is 5. The number of aromatic nitrogens is 4. The standard InChI is InChI=1S/C15H19F2N5O/c16-15(17)3-5-21(6-4-15)13-12-14(19-9-18-13)22(10-20-12)8-11-2-1-7-23-11/h9-11H,1-8H2. The van der Waals surface area contributed by atoms with Crippen molar-refractivity contribution in [3.8, 4) is 0 Å². The molecular formula is C15H19F2N5O. The zero-order valence-electron chi connectivity index (χ0n) is 12.8. The normalized spacial score (nSPS) is 24.4. The predicted octanol–water partition coefficient (Wildman–Crippen LogP) is 2.24. The lowest BCUT2D eigenvalue weighted by Gasteiger charge is -2.32. The third kappa shape index (κ3) is 2.87. The average Bonchev–Trinajstić information content (AvgIpc) is 3.18. The van der Waals surface area contributed by atoms with Crippen LogP contribution in [-0.4, -0.2) is 51.2 Å². The van der Waals surface area contributed by atoms with Crippen LogP contribution < -0.4 is 4.90 Å². The Kier molecular flexibility index (Phi) is 3.63. The lowest BCUT2D eigenvalue weighted by atomic mass is 10.1. The highest BCUT2D eigenvalue weighted by atomic mass is 19.3. The highest BCUT2D eigenvalue weighted by Crippen LogP contribution is 2.31. The third-order valence-electron chi connectivity index (χ3n) is 4.60. The van der Waals surface area contributed by atoms with E-state index in [2.05, 4.69) is 15.0 Å². The summed E-state index contributed by atoms with van der Waals surface area (Å²) in [7, 11) is 0. The Morgan fingerprint density at radius 3 is 2.78 bits per heavy atom. The molecule has 4 rings (SSSR count). The van der Waals surface area contributed by atoms with Gasteiger partial charge in [-0.15, -0.1) is 0 Å². The van der Waals surface area contributed by atoms with Crippen molar-refractivity contribution in [2.75, 3.05) is 24.6 Å². The van der Waals surface area contributed by atoms with Crippen molar-refractivity contribution in [1.29, 1.82) is 0 Å². The topological polar surface area (TPSA) is 56.1 Å². The molecule has 0 radical (unpaired) electrons. The number of fused-ring (bicyclic) bond motifs is 1. The minimum absolute atomic E-state index is 0.144. The summed E-state index contributed by atoms with van der Waals surface area (Å²) in [6.45, 7) is 2.10. The molecule has 23 heavy (non-hydrogen) atoms. The van der Waals surface area contributed by atoms with Crippen LogP contribution in [0.15, 0.2) is 12.7 Å². The zero-order chi connectivity index (χ0) is 15.9. The van der Waals surface area contributed by atoms with Gasteiger partial charge < -0.3 is 14.2 Å². The molecule has 2 saturated heterocycles. The maximum atomic E-state index is 13.3. The van der Waals surface area contributed by atoms with E-state index in [1.165, 1.54) is 6.33 Å². The number of rotatable bonds is 3. The van der Waals surface area contributed by atoms with E-state index in [-0.39, 0.29) is 32.0 Å². The first-order chi connectivity index (χ1) is 11.1. The SMILES string of the molecule is FC1(F)CCN(c2ncnc3c2ncn3CC2CCCO2)CC1. The van der Waals surface area contributed by atoms with Gasteiger partial charge in [-0.3, -0.25) is 0 Å². The van der Waals surface area contributed by atoms with E-state index in [0.29, 0.717) is 17.9 Å². The second-order valence-corrected chi connectivity index (χ2v) is 6.24. The summed E-state index contributed by atoms with van der Waals surface area (Å²) in [4.78, 5) is 14.9. The first-order valence-corrected chi connectivity index (χ1v) is 8.03. The van der Waals surface area contributed by atoms with Gasteiger partial charge in [-0.25, -0.2) is 23.7 Å². The molecule has 124 valence electrons. The van der Waals surface area contributed by atoms with Gasteiger partial charge in [0, 0.05) is 32.5 Å². The van der Waals surface area contributed by atoms with Gasteiger partial charge in [0.1, 0.15) is 6.33 Å². The molecule has 4 heterocycles. The van der Waals surface area contributed by atoms with Crippen molar-refractivity contribution >= 4 is 17.0 Å². The summed E-state index contributed by atoms with van der Waals surface area (Å²) >= 11 is 0. The quantitative estimate of drug-likeness (QED) is 0.867. The Hall–Kier alpha value is -1.83. The van der Waals surface area contributed by atoms with Gasteiger partial charge in [-0.2, -0.15) is 0 Å². The van der Waals surface area contributed by atoms with Crippen molar-refractivity contribution in [3.63, 3.8) is 0 Å². The molecule has 2 aliphatic heterocycles. The van der Waals surface area contributed by atoms with Crippen molar-refractivity contribution in [3.05, 3.63) is 12.7 Å². The Balaban J connectivity index is 1.60. The number of ether oxygens (including phenoxy) is 1. The Labute approximate surface area is 132 Å². The van der Waals surface area contributed by atoms with Crippen molar-refractivity contribution in [2.24, 2.45) is 0 Å². The summed E-state index contributed by atoms with van der Waals surface area (Å²) in [6, 6.07) is 0. The van der Waals surface area contributed by atoms with Crippen molar-refractivity contribution in [1.82, 2.24) is 19.5 Å². The molecule has 2 aliphatic rings. The van der Waals surface area contributed by atoms with E-state index in [0.717, 1.165) is 25.1 Å². The molecule has 0 spiro atoms. The molecule has 1 unspecified atom stereocenters. The second-order valence-electron chi connectivity index (χ2n) is 6.24. The molecule has 0 aromatic carbocycles.